The van der Waals surface area contributed by atoms with Gasteiger partial charge >= 0.3 is 0 Å². The SMILES string of the molecule is CC(C)[C@@H](CN=O)NC(=O)c1ccc(-c2ccccc2)cc1. The van der Waals surface area contributed by atoms with Crippen LogP contribution in [-0.4, -0.2) is 18.5 Å². The molecule has 2 rings (SSSR count). The number of hydrogen-bond donors (Lipinski definition) is 1. The lowest BCUT2D eigenvalue weighted by atomic mass is 10.0. The van der Waals surface area contributed by atoms with Gasteiger partial charge in [-0.1, -0.05) is 61.5 Å². The lowest BCUT2D eigenvalue weighted by Crippen LogP contribution is -2.40. The summed E-state index contributed by atoms with van der Waals surface area (Å²) in [6, 6.07) is 17.2. The zero-order valence-corrected chi connectivity index (χ0v) is 12.8. The van der Waals surface area contributed by atoms with Crippen molar-refractivity contribution in [3.63, 3.8) is 0 Å². The fraction of sp³-hybridized carbons (Fsp3) is 0.278. The number of nitroso groups, excluding NO2 is 1. The highest BCUT2D eigenvalue weighted by molar-refractivity contribution is 5.94. The summed E-state index contributed by atoms with van der Waals surface area (Å²) in [7, 11) is 0. The molecule has 0 fully saturated rings. The summed E-state index contributed by atoms with van der Waals surface area (Å²) in [6.07, 6.45) is 0. The Bertz CT molecular complexity index is 621. The molecular weight excluding hydrogens is 276 g/mol. The van der Waals surface area contributed by atoms with Crippen LogP contribution in [0.5, 0.6) is 0 Å². The molecule has 0 aliphatic heterocycles. The van der Waals surface area contributed by atoms with E-state index in [0.717, 1.165) is 11.1 Å². The zero-order valence-electron chi connectivity index (χ0n) is 12.8. The third-order valence-corrected chi connectivity index (χ3v) is 3.65. The van der Waals surface area contributed by atoms with E-state index in [-0.39, 0.29) is 24.4 Å². The summed E-state index contributed by atoms with van der Waals surface area (Å²) in [5.41, 5.74) is 2.75. The smallest absolute Gasteiger partial charge is 0.251 e. The van der Waals surface area contributed by atoms with Crippen LogP contribution in [0.15, 0.2) is 59.8 Å². The van der Waals surface area contributed by atoms with E-state index in [1.54, 1.807) is 12.1 Å². The topological polar surface area (TPSA) is 58.5 Å². The van der Waals surface area contributed by atoms with Crippen LogP contribution < -0.4 is 5.32 Å². The third kappa shape index (κ3) is 4.01. The Morgan fingerprint density at radius 2 is 1.59 bits per heavy atom. The largest absolute Gasteiger partial charge is 0.347 e. The molecule has 0 heterocycles. The van der Waals surface area contributed by atoms with Crippen LogP contribution in [0.4, 0.5) is 0 Å². The quantitative estimate of drug-likeness (QED) is 0.822. The number of nitrogens with zero attached hydrogens (tertiary/aromatic N) is 1. The highest BCUT2D eigenvalue weighted by Gasteiger charge is 2.17. The van der Waals surface area contributed by atoms with E-state index in [9.17, 15) is 9.70 Å². The molecule has 114 valence electrons. The molecule has 2 aromatic rings. The molecule has 1 amide bonds. The van der Waals surface area contributed by atoms with Crippen molar-refractivity contribution in [3.05, 3.63) is 65.1 Å². The van der Waals surface area contributed by atoms with Crippen molar-refractivity contribution >= 4 is 5.91 Å². The Hall–Kier alpha value is -2.49. The van der Waals surface area contributed by atoms with Crippen LogP contribution in [-0.2, 0) is 0 Å². The van der Waals surface area contributed by atoms with E-state index in [1.165, 1.54) is 0 Å². The van der Waals surface area contributed by atoms with Gasteiger partial charge in [0.15, 0.2) is 0 Å². The van der Waals surface area contributed by atoms with Crippen LogP contribution in [0.25, 0.3) is 11.1 Å². The van der Waals surface area contributed by atoms with Crippen molar-refractivity contribution in [2.45, 2.75) is 19.9 Å². The summed E-state index contributed by atoms with van der Waals surface area (Å²) in [4.78, 5) is 22.7. The second-order valence-electron chi connectivity index (χ2n) is 5.58. The maximum atomic E-state index is 12.2. The van der Waals surface area contributed by atoms with E-state index in [0.29, 0.717) is 5.56 Å². The van der Waals surface area contributed by atoms with Crippen molar-refractivity contribution in [2.75, 3.05) is 6.54 Å². The summed E-state index contributed by atoms with van der Waals surface area (Å²) in [5.74, 6) is -0.0211. The van der Waals surface area contributed by atoms with E-state index in [4.69, 9.17) is 0 Å². The molecule has 22 heavy (non-hydrogen) atoms. The van der Waals surface area contributed by atoms with E-state index >= 15 is 0 Å². The predicted molar refractivity (Wildman–Crippen MR) is 88.6 cm³/mol. The Labute approximate surface area is 130 Å². The lowest BCUT2D eigenvalue weighted by Gasteiger charge is -2.19. The van der Waals surface area contributed by atoms with Crippen molar-refractivity contribution in [2.24, 2.45) is 11.1 Å². The Kier molecular flexibility index (Phi) is 5.42. The Morgan fingerprint density at radius 1 is 1.00 bits per heavy atom. The molecule has 0 saturated carbocycles. The molecule has 0 bridgehead atoms. The maximum Gasteiger partial charge on any atom is 0.251 e. The number of rotatable bonds is 6. The third-order valence-electron chi connectivity index (χ3n) is 3.65. The van der Waals surface area contributed by atoms with Gasteiger partial charge in [-0.2, -0.15) is 4.91 Å². The molecule has 0 unspecified atom stereocenters. The van der Waals surface area contributed by atoms with Crippen LogP contribution in [0.1, 0.15) is 24.2 Å². The highest BCUT2D eigenvalue weighted by atomic mass is 16.3. The highest BCUT2D eigenvalue weighted by Crippen LogP contribution is 2.19. The van der Waals surface area contributed by atoms with Crippen molar-refractivity contribution in [1.29, 1.82) is 0 Å². The summed E-state index contributed by atoms with van der Waals surface area (Å²) in [5, 5.41) is 5.75. The molecule has 1 N–H and O–H groups in total. The second-order valence-corrected chi connectivity index (χ2v) is 5.58. The van der Waals surface area contributed by atoms with Crippen LogP contribution >= 0.6 is 0 Å². The Morgan fingerprint density at radius 3 is 2.14 bits per heavy atom. The average Bonchev–Trinajstić information content (AvgIpc) is 2.55. The van der Waals surface area contributed by atoms with Crippen molar-refractivity contribution in [3.8, 4) is 11.1 Å². The van der Waals surface area contributed by atoms with Gasteiger partial charge in [-0.25, -0.2) is 0 Å². The van der Waals surface area contributed by atoms with Crippen LogP contribution in [0, 0.1) is 10.8 Å². The number of amides is 1. The maximum absolute atomic E-state index is 12.2. The van der Waals surface area contributed by atoms with Crippen LogP contribution in [0.3, 0.4) is 0 Å². The molecule has 0 aliphatic carbocycles. The second kappa shape index (κ2) is 7.50. The normalized spacial score (nSPS) is 12.0. The predicted octanol–water partition coefficient (Wildman–Crippen LogP) is 3.87. The minimum Gasteiger partial charge on any atom is -0.347 e. The van der Waals surface area contributed by atoms with Crippen LogP contribution in [0.2, 0.25) is 0 Å². The number of benzene rings is 2. The van der Waals surface area contributed by atoms with Gasteiger partial charge in [-0.3, -0.25) is 4.79 Å². The van der Waals surface area contributed by atoms with E-state index in [1.807, 2.05) is 56.3 Å². The number of hydrogen-bond acceptors (Lipinski definition) is 3. The van der Waals surface area contributed by atoms with Gasteiger partial charge < -0.3 is 5.32 Å². The zero-order chi connectivity index (χ0) is 15.9. The van der Waals surface area contributed by atoms with E-state index < -0.39 is 0 Å². The van der Waals surface area contributed by atoms with Crippen molar-refractivity contribution in [1.82, 2.24) is 5.32 Å². The standard InChI is InChI=1S/C18H20N2O2/c1-13(2)17(12-19-22)20-18(21)16-10-8-15(9-11-16)14-6-4-3-5-7-14/h3-11,13,17H,12H2,1-2H3,(H,20,21)/t17-/m1/s1. The molecule has 0 saturated heterocycles. The fourth-order valence-corrected chi connectivity index (χ4v) is 2.20. The van der Waals surface area contributed by atoms with Gasteiger partial charge in [-0.05, 0) is 29.2 Å². The van der Waals surface area contributed by atoms with Gasteiger partial charge in [0, 0.05) is 5.56 Å². The average molecular weight is 296 g/mol. The number of carbonyl (C=O) groups is 1. The minimum absolute atomic E-state index is 0.0888. The molecule has 0 radical (unpaired) electrons. The van der Waals surface area contributed by atoms with Gasteiger partial charge in [0.2, 0.25) is 0 Å². The van der Waals surface area contributed by atoms with Gasteiger partial charge in [0.05, 0.1) is 6.04 Å². The molecule has 0 spiro atoms. The monoisotopic (exact) mass is 296 g/mol. The van der Waals surface area contributed by atoms with Gasteiger partial charge in [0.1, 0.15) is 6.54 Å². The molecule has 4 heteroatoms. The molecule has 0 aromatic heterocycles. The first-order valence-electron chi connectivity index (χ1n) is 7.37. The fourth-order valence-electron chi connectivity index (χ4n) is 2.20. The van der Waals surface area contributed by atoms with E-state index in [2.05, 4.69) is 10.5 Å². The van der Waals surface area contributed by atoms with Gasteiger partial charge in [0.25, 0.3) is 5.91 Å². The Balaban J connectivity index is 2.09. The summed E-state index contributed by atoms with van der Waals surface area (Å²) < 4.78 is 0. The lowest BCUT2D eigenvalue weighted by molar-refractivity contribution is 0.0928. The molecule has 0 aliphatic rings. The molecular formula is C18H20N2O2. The molecule has 2 aromatic carbocycles. The summed E-state index contributed by atoms with van der Waals surface area (Å²) in [6.45, 7) is 3.99. The van der Waals surface area contributed by atoms with Gasteiger partial charge in [-0.15, -0.1) is 0 Å². The number of nitrogens with one attached hydrogen (secondary N) is 1. The first kappa shape index (κ1) is 15.9. The number of carbonyl (C=O) groups excluding carboxylic acids is 1. The minimum atomic E-state index is -0.237. The molecule has 1 atom stereocenters. The molecule has 4 nitrogen and oxygen atoms in total. The first-order chi connectivity index (χ1) is 10.6. The first-order valence-corrected chi connectivity index (χ1v) is 7.37. The summed E-state index contributed by atoms with van der Waals surface area (Å²) >= 11 is 0. The van der Waals surface area contributed by atoms with Crippen molar-refractivity contribution < 1.29 is 4.79 Å².